The van der Waals surface area contributed by atoms with Crippen LogP contribution in [0.3, 0.4) is 0 Å². The zero-order valence-corrected chi connectivity index (χ0v) is 16.9. The lowest BCUT2D eigenvalue weighted by Crippen LogP contribution is -2.48. The fraction of sp³-hybridized carbons (Fsp3) is 0.526. The summed E-state index contributed by atoms with van der Waals surface area (Å²) in [5.41, 5.74) is -1.87. The second-order valence-electron chi connectivity index (χ2n) is 7.77. The number of carbonyl (C=O) groups excluding carboxylic acids is 2. The molecule has 0 radical (unpaired) electrons. The first-order chi connectivity index (χ1) is 11.9. The van der Waals surface area contributed by atoms with Gasteiger partial charge in [0, 0.05) is 0 Å². The predicted octanol–water partition coefficient (Wildman–Crippen LogP) is 3.09. The molecule has 0 aromatic heterocycles. The molecular weight excluding hydrogens is 352 g/mol. The van der Waals surface area contributed by atoms with Crippen LogP contribution in [0.25, 0.3) is 0 Å². The highest BCUT2D eigenvalue weighted by atomic mass is 32.2. The minimum atomic E-state index is -1.88. The summed E-state index contributed by atoms with van der Waals surface area (Å²) in [7, 11) is -1.88. The molecule has 1 N–H and O–H groups in total. The Bertz CT molecular complexity index is 747. The molecular formula is C19H26N2O4S. The lowest BCUT2D eigenvalue weighted by Gasteiger charge is -2.31. The number of nitrogens with zero attached hydrogens (tertiary/aromatic N) is 1. The van der Waals surface area contributed by atoms with Crippen LogP contribution in [0.15, 0.2) is 29.2 Å². The number of rotatable bonds is 6. The molecule has 142 valence electrons. The van der Waals surface area contributed by atoms with Crippen molar-refractivity contribution in [2.75, 3.05) is 0 Å². The molecule has 0 aliphatic heterocycles. The Hall–Kier alpha value is -2.20. The number of nitrogens with one attached hydrogen (secondary N) is 1. The summed E-state index contributed by atoms with van der Waals surface area (Å²) in [6.07, 6.45) is 0.253. The molecule has 0 heterocycles. The van der Waals surface area contributed by atoms with E-state index < -0.39 is 33.9 Å². The fourth-order valence-electron chi connectivity index (χ4n) is 2.41. The summed E-state index contributed by atoms with van der Waals surface area (Å²) in [6, 6.07) is 8.09. The zero-order valence-electron chi connectivity index (χ0n) is 16.1. The summed E-state index contributed by atoms with van der Waals surface area (Å²) < 4.78 is 20.3. The molecule has 1 amide bonds. The van der Waals surface area contributed by atoms with Gasteiger partial charge in [0.1, 0.15) is 11.0 Å². The smallest absolute Gasteiger partial charge is 0.321 e. The van der Waals surface area contributed by atoms with Crippen molar-refractivity contribution in [3.05, 3.63) is 29.8 Å². The van der Waals surface area contributed by atoms with E-state index in [9.17, 15) is 13.8 Å². The maximum atomic E-state index is 12.8. The number of benzene rings is 1. The van der Waals surface area contributed by atoms with Gasteiger partial charge in [0.25, 0.3) is 0 Å². The van der Waals surface area contributed by atoms with E-state index in [1.807, 2.05) is 19.9 Å². The average Bonchev–Trinajstić information content (AvgIpc) is 2.52. The number of nitriles is 1. The van der Waals surface area contributed by atoms with E-state index in [1.165, 1.54) is 13.0 Å². The lowest BCUT2D eigenvalue weighted by molar-refractivity contribution is -0.170. The van der Waals surface area contributed by atoms with E-state index in [1.54, 1.807) is 39.0 Å². The fourth-order valence-corrected chi connectivity index (χ4v) is 3.36. The zero-order chi connectivity index (χ0) is 20.1. The van der Waals surface area contributed by atoms with E-state index in [0.717, 1.165) is 0 Å². The standard InChI is InChI=1S/C19H26N2O4S/c1-13(2)11-19(6,17(23)25-18(3,4)5)16(22)21-26(24)15-9-7-8-14(10-15)12-20/h7-10,13H,11H2,1-6H3,(H,21,22). The Balaban J connectivity index is 3.07. The average molecular weight is 378 g/mol. The van der Waals surface area contributed by atoms with Gasteiger partial charge in [0.2, 0.25) is 5.91 Å². The van der Waals surface area contributed by atoms with Crippen LogP contribution in [-0.4, -0.2) is 21.7 Å². The van der Waals surface area contributed by atoms with E-state index in [4.69, 9.17) is 10.00 Å². The summed E-state index contributed by atoms with van der Waals surface area (Å²) >= 11 is 0. The summed E-state index contributed by atoms with van der Waals surface area (Å²) in [4.78, 5) is 25.7. The number of hydrogen-bond donors (Lipinski definition) is 1. The lowest BCUT2D eigenvalue weighted by atomic mass is 9.81. The molecule has 26 heavy (non-hydrogen) atoms. The van der Waals surface area contributed by atoms with E-state index in [-0.39, 0.29) is 17.2 Å². The third-order valence-corrected chi connectivity index (χ3v) is 4.58. The van der Waals surface area contributed by atoms with Crippen LogP contribution in [-0.2, 0) is 25.3 Å². The van der Waals surface area contributed by atoms with Gasteiger partial charge in [-0.05, 0) is 58.2 Å². The first-order valence-corrected chi connectivity index (χ1v) is 9.50. The van der Waals surface area contributed by atoms with Crippen LogP contribution in [0.5, 0.6) is 0 Å². The molecule has 0 spiro atoms. The normalized spacial score (nSPS) is 14.8. The molecule has 0 fully saturated rings. The minimum absolute atomic E-state index is 0.0496. The van der Waals surface area contributed by atoms with Crippen molar-refractivity contribution in [1.29, 1.82) is 5.26 Å². The SMILES string of the molecule is CC(C)CC(C)(C(=O)NS(=O)c1cccc(C#N)c1)C(=O)OC(C)(C)C. The van der Waals surface area contributed by atoms with Crippen LogP contribution in [0.4, 0.5) is 0 Å². The molecule has 6 nitrogen and oxygen atoms in total. The van der Waals surface area contributed by atoms with Gasteiger partial charge in [0.05, 0.1) is 16.5 Å². The molecule has 2 atom stereocenters. The number of hydrogen-bond acceptors (Lipinski definition) is 5. The molecule has 1 rings (SSSR count). The molecule has 0 aliphatic carbocycles. The van der Waals surface area contributed by atoms with Gasteiger partial charge in [-0.2, -0.15) is 5.26 Å². The van der Waals surface area contributed by atoms with Crippen LogP contribution < -0.4 is 4.72 Å². The third kappa shape index (κ3) is 5.95. The minimum Gasteiger partial charge on any atom is -0.459 e. The van der Waals surface area contributed by atoms with E-state index >= 15 is 0 Å². The maximum Gasteiger partial charge on any atom is 0.321 e. The molecule has 0 aliphatic rings. The Labute approximate surface area is 157 Å². The van der Waals surface area contributed by atoms with Crippen molar-refractivity contribution in [3.8, 4) is 6.07 Å². The van der Waals surface area contributed by atoms with Gasteiger partial charge in [-0.3, -0.25) is 14.3 Å². The molecule has 0 saturated heterocycles. The number of ether oxygens (including phenoxy) is 1. The van der Waals surface area contributed by atoms with Crippen molar-refractivity contribution in [2.45, 2.75) is 58.5 Å². The quantitative estimate of drug-likeness (QED) is 0.606. The molecule has 2 unspecified atom stereocenters. The monoisotopic (exact) mass is 378 g/mol. The summed E-state index contributed by atoms with van der Waals surface area (Å²) in [5, 5.41) is 8.94. The molecule has 0 saturated carbocycles. The largest absolute Gasteiger partial charge is 0.459 e. The van der Waals surface area contributed by atoms with Gasteiger partial charge in [0.15, 0.2) is 11.0 Å². The Morgan fingerprint density at radius 1 is 1.27 bits per heavy atom. The molecule has 7 heteroatoms. The van der Waals surface area contributed by atoms with Crippen LogP contribution in [0.1, 0.15) is 53.5 Å². The number of carbonyl (C=O) groups is 2. The summed E-state index contributed by atoms with van der Waals surface area (Å²) in [5.74, 6) is -1.27. The first-order valence-electron chi connectivity index (χ1n) is 8.35. The van der Waals surface area contributed by atoms with Gasteiger partial charge >= 0.3 is 5.97 Å². The van der Waals surface area contributed by atoms with Crippen molar-refractivity contribution in [2.24, 2.45) is 11.3 Å². The second kappa shape index (κ2) is 8.45. The van der Waals surface area contributed by atoms with Gasteiger partial charge in [-0.1, -0.05) is 19.9 Å². The second-order valence-corrected chi connectivity index (χ2v) is 8.98. The highest BCUT2D eigenvalue weighted by Crippen LogP contribution is 2.30. The topological polar surface area (TPSA) is 96.3 Å². The van der Waals surface area contributed by atoms with E-state index in [2.05, 4.69) is 4.72 Å². The number of esters is 1. The van der Waals surface area contributed by atoms with Crippen LogP contribution in [0, 0.1) is 22.7 Å². The highest BCUT2D eigenvalue weighted by molar-refractivity contribution is 7.83. The van der Waals surface area contributed by atoms with Crippen LogP contribution in [0.2, 0.25) is 0 Å². The van der Waals surface area contributed by atoms with Crippen molar-refractivity contribution in [3.63, 3.8) is 0 Å². The van der Waals surface area contributed by atoms with Crippen molar-refractivity contribution >= 4 is 22.9 Å². The Kier molecular flexibility index (Phi) is 7.10. The van der Waals surface area contributed by atoms with Crippen LogP contribution >= 0.6 is 0 Å². The third-order valence-electron chi connectivity index (χ3n) is 3.53. The van der Waals surface area contributed by atoms with Crippen molar-refractivity contribution in [1.82, 2.24) is 4.72 Å². The highest BCUT2D eigenvalue weighted by Gasteiger charge is 2.45. The van der Waals surface area contributed by atoms with Gasteiger partial charge in [-0.15, -0.1) is 0 Å². The van der Waals surface area contributed by atoms with Gasteiger partial charge < -0.3 is 4.74 Å². The number of amides is 1. The molecule has 1 aromatic carbocycles. The first kappa shape index (κ1) is 21.8. The molecule has 0 bridgehead atoms. The predicted molar refractivity (Wildman–Crippen MR) is 99.1 cm³/mol. The summed E-state index contributed by atoms with van der Waals surface area (Å²) in [6.45, 7) is 10.5. The Morgan fingerprint density at radius 3 is 2.38 bits per heavy atom. The molecule has 1 aromatic rings. The van der Waals surface area contributed by atoms with Gasteiger partial charge in [-0.25, -0.2) is 4.21 Å². The van der Waals surface area contributed by atoms with Crippen molar-refractivity contribution < 1.29 is 18.5 Å². The Morgan fingerprint density at radius 2 is 1.88 bits per heavy atom. The maximum absolute atomic E-state index is 12.8. The van der Waals surface area contributed by atoms with E-state index in [0.29, 0.717) is 5.56 Å².